The van der Waals surface area contributed by atoms with Gasteiger partial charge in [-0.05, 0) is 31.8 Å². The van der Waals surface area contributed by atoms with Gasteiger partial charge in [0.2, 0.25) is 5.91 Å². The summed E-state index contributed by atoms with van der Waals surface area (Å²) in [6.07, 6.45) is 2.62. The maximum atomic E-state index is 12.0. The van der Waals surface area contributed by atoms with Crippen LogP contribution in [0.25, 0.3) is 0 Å². The van der Waals surface area contributed by atoms with Crippen molar-refractivity contribution in [3.63, 3.8) is 0 Å². The molecule has 0 aromatic carbocycles. The first kappa shape index (κ1) is 14.7. The lowest BCUT2D eigenvalue weighted by Crippen LogP contribution is -2.52. The van der Waals surface area contributed by atoms with Gasteiger partial charge in [-0.1, -0.05) is 0 Å². The topological polar surface area (TPSA) is 95.7 Å². The Morgan fingerprint density at radius 1 is 1.26 bits per heavy atom. The molecule has 8 heteroatoms. The van der Waals surface area contributed by atoms with Crippen LogP contribution < -0.4 is 10.5 Å². The molecule has 19 heavy (non-hydrogen) atoms. The number of hydrogen-bond donors (Lipinski definition) is 2. The number of nitrogens with zero attached hydrogens (tertiary/aromatic N) is 2. The third kappa shape index (κ3) is 4.13. The molecule has 2 saturated heterocycles. The number of rotatable bonds is 4. The van der Waals surface area contributed by atoms with Crippen LogP contribution in [-0.4, -0.2) is 62.8 Å². The summed E-state index contributed by atoms with van der Waals surface area (Å²) in [4.78, 5) is 13.8. The van der Waals surface area contributed by atoms with Crippen molar-refractivity contribution in [2.75, 3.05) is 39.3 Å². The molecule has 3 N–H and O–H groups in total. The zero-order chi connectivity index (χ0) is 13.9. The van der Waals surface area contributed by atoms with Gasteiger partial charge in [0.25, 0.3) is 10.2 Å². The van der Waals surface area contributed by atoms with Crippen molar-refractivity contribution in [2.45, 2.75) is 19.3 Å². The average molecular weight is 290 g/mol. The summed E-state index contributed by atoms with van der Waals surface area (Å²) in [6.45, 7) is 3.54. The fraction of sp³-hybridized carbons (Fsp3) is 0.909. The number of nitrogens with two attached hydrogens (primary N) is 1. The van der Waals surface area contributed by atoms with Gasteiger partial charge in [0.15, 0.2) is 0 Å². The second-order valence-electron chi connectivity index (χ2n) is 5.22. The van der Waals surface area contributed by atoms with Crippen LogP contribution >= 0.6 is 0 Å². The Morgan fingerprint density at radius 3 is 2.47 bits per heavy atom. The Kier molecular flexibility index (Phi) is 4.77. The third-order valence-electron chi connectivity index (χ3n) is 3.88. The van der Waals surface area contributed by atoms with Gasteiger partial charge in [-0.25, -0.2) is 5.14 Å². The number of carbonyl (C=O) groups is 1. The van der Waals surface area contributed by atoms with Gasteiger partial charge in [-0.15, -0.1) is 0 Å². The van der Waals surface area contributed by atoms with Crippen molar-refractivity contribution in [3.8, 4) is 0 Å². The predicted octanol–water partition coefficient (Wildman–Crippen LogP) is -1.28. The monoisotopic (exact) mass is 290 g/mol. The second-order valence-corrected chi connectivity index (χ2v) is 6.77. The van der Waals surface area contributed by atoms with E-state index in [1.807, 2.05) is 0 Å². The first-order chi connectivity index (χ1) is 8.97. The summed E-state index contributed by atoms with van der Waals surface area (Å²) in [5.41, 5.74) is 0. The van der Waals surface area contributed by atoms with E-state index < -0.39 is 10.2 Å². The van der Waals surface area contributed by atoms with Gasteiger partial charge in [-0.2, -0.15) is 12.7 Å². The van der Waals surface area contributed by atoms with E-state index in [1.54, 1.807) is 4.90 Å². The molecule has 1 atom stereocenters. The van der Waals surface area contributed by atoms with E-state index in [0.29, 0.717) is 38.5 Å². The zero-order valence-electron chi connectivity index (χ0n) is 11.0. The Morgan fingerprint density at radius 2 is 1.95 bits per heavy atom. The highest BCUT2D eigenvalue weighted by Crippen LogP contribution is 2.16. The molecule has 2 aliphatic rings. The van der Waals surface area contributed by atoms with Crippen molar-refractivity contribution in [1.82, 2.24) is 14.5 Å². The SMILES string of the molecule is NS(=O)(=O)N1CCN(C(=O)CCC2CCNC2)CC1. The molecular formula is C11H22N4O3S. The summed E-state index contributed by atoms with van der Waals surface area (Å²) in [6, 6.07) is 0. The van der Waals surface area contributed by atoms with Crippen LogP contribution in [0.4, 0.5) is 0 Å². The molecular weight excluding hydrogens is 268 g/mol. The molecule has 7 nitrogen and oxygen atoms in total. The minimum atomic E-state index is -3.61. The maximum absolute atomic E-state index is 12.0. The highest BCUT2D eigenvalue weighted by molar-refractivity contribution is 7.86. The normalized spacial score (nSPS) is 25.7. The fourth-order valence-corrected chi connectivity index (χ4v) is 3.31. The van der Waals surface area contributed by atoms with Gasteiger partial charge < -0.3 is 10.2 Å². The Bertz CT molecular complexity index is 412. The molecule has 0 aliphatic carbocycles. The van der Waals surface area contributed by atoms with Gasteiger partial charge >= 0.3 is 0 Å². The van der Waals surface area contributed by atoms with Gasteiger partial charge in [-0.3, -0.25) is 4.79 Å². The molecule has 0 aromatic heterocycles. The Balaban J connectivity index is 1.73. The van der Waals surface area contributed by atoms with Crippen LogP contribution in [0.5, 0.6) is 0 Å². The van der Waals surface area contributed by atoms with E-state index in [9.17, 15) is 13.2 Å². The number of amides is 1. The molecule has 2 fully saturated rings. The number of hydrogen-bond acceptors (Lipinski definition) is 4. The van der Waals surface area contributed by atoms with Crippen molar-refractivity contribution >= 4 is 16.1 Å². The summed E-state index contributed by atoms with van der Waals surface area (Å²) in [5, 5.41) is 8.35. The van der Waals surface area contributed by atoms with Crippen molar-refractivity contribution in [3.05, 3.63) is 0 Å². The second kappa shape index (κ2) is 6.17. The number of carbonyl (C=O) groups excluding carboxylic acids is 1. The molecule has 1 unspecified atom stereocenters. The number of piperazine rings is 1. The highest BCUT2D eigenvalue weighted by Gasteiger charge is 2.26. The van der Waals surface area contributed by atoms with Gasteiger partial charge in [0.1, 0.15) is 0 Å². The molecule has 1 amide bonds. The van der Waals surface area contributed by atoms with Crippen LogP contribution in [0.3, 0.4) is 0 Å². The number of nitrogens with one attached hydrogen (secondary N) is 1. The van der Waals surface area contributed by atoms with Crippen LogP contribution in [0.15, 0.2) is 0 Å². The Labute approximate surface area is 114 Å². The van der Waals surface area contributed by atoms with E-state index in [-0.39, 0.29) is 5.91 Å². The lowest BCUT2D eigenvalue weighted by Gasteiger charge is -2.33. The molecule has 0 bridgehead atoms. The quantitative estimate of drug-likeness (QED) is 0.674. The smallest absolute Gasteiger partial charge is 0.277 e. The van der Waals surface area contributed by atoms with E-state index in [0.717, 1.165) is 25.9 Å². The fourth-order valence-electron chi connectivity index (χ4n) is 2.64. The maximum Gasteiger partial charge on any atom is 0.277 e. The third-order valence-corrected chi connectivity index (χ3v) is 4.96. The van der Waals surface area contributed by atoms with Gasteiger partial charge in [0.05, 0.1) is 0 Å². The van der Waals surface area contributed by atoms with Gasteiger partial charge in [0, 0.05) is 32.6 Å². The largest absolute Gasteiger partial charge is 0.340 e. The molecule has 0 saturated carbocycles. The van der Waals surface area contributed by atoms with Crippen molar-refractivity contribution in [1.29, 1.82) is 0 Å². The first-order valence-electron chi connectivity index (χ1n) is 6.73. The summed E-state index contributed by atoms with van der Waals surface area (Å²) in [7, 11) is -3.61. The lowest BCUT2D eigenvalue weighted by molar-refractivity contribution is -0.132. The summed E-state index contributed by atoms with van der Waals surface area (Å²) >= 11 is 0. The van der Waals surface area contributed by atoms with E-state index in [2.05, 4.69) is 5.32 Å². The molecule has 0 aromatic rings. The van der Waals surface area contributed by atoms with E-state index >= 15 is 0 Å². The van der Waals surface area contributed by atoms with E-state index in [4.69, 9.17) is 5.14 Å². The molecule has 2 heterocycles. The lowest BCUT2D eigenvalue weighted by atomic mass is 10.0. The zero-order valence-corrected chi connectivity index (χ0v) is 11.9. The van der Waals surface area contributed by atoms with Crippen molar-refractivity contribution in [2.24, 2.45) is 11.1 Å². The molecule has 0 spiro atoms. The van der Waals surface area contributed by atoms with Crippen LogP contribution in [-0.2, 0) is 15.0 Å². The Hall–Kier alpha value is -0.700. The van der Waals surface area contributed by atoms with Crippen LogP contribution in [0, 0.1) is 5.92 Å². The molecule has 110 valence electrons. The van der Waals surface area contributed by atoms with Crippen molar-refractivity contribution < 1.29 is 13.2 Å². The highest BCUT2D eigenvalue weighted by atomic mass is 32.2. The molecule has 2 aliphatic heterocycles. The summed E-state index contributed by atoms with van der Waals surface area (Å²) in [5.74, 6) is 0.732. The summed E-state index contributed by atoms with van der Waals surface area (Å²) < 4.78 is 23.5. The first-order valence-corrected chi connectivity index (χ1v) is 8.23. The minimum absolute atomic E-state index is 0.126. The standard InChI is InChI=1S/C11H22N4O3S/c12-19(17,18)15-7-5-14(6-8-15)11(16)2-1-10-3-4-13-9-10/h10,13H,1-9H2,(H2,12,17,18). The van der Waals surface area contributed by atoms with Crippen LogP contribution in [0.2, 0.25) is 0 Å². The van der Waals surface area contributed by atoms with Crippen LogP contribution in [0.1, 0.15) is 19.3 Å². The average Bonchev–Trinajstić information content (AvgIpc) is 2.88. The molecule has 0 radical (unpaired) electrons. The van der Waals surface area contributed by atoms with E-state index in [1.165, 1.54) is 4.31 Å². The molecule has 2 rings (SSSR count). The predicted molar refractivity (Wildman–Crippen MR) is 71.5 cm³/mol. The minimum Gasteiger partial charge on any atom is -0.340 e.